The third kappa shape index (κ3) is 3.96. The molecule has 0 spiro atoms. The summed E-state index contributed by atoms with van der Waals surface area (Å²) in [6.07, 6.45) is 1.55. The van der Waals surface area contributed by atoms with E-state index in [-0.39, 0.29) is 6.42 Å². The zero-order chi connectivity index (χ0) is 16.1. The van der Waals surface area contributed by atoms with Gasteiger partial charge in [0.05, 0.1) is 5.75 Å². The second-order valence-corrected chi connectivity index (χ2v) is 8.44. The number of sulfone groups is 2. The summed E-state index contributed by atoms with van der Waals surface area (Å²) in [5.74, 6) is -1.59. The first-order valence-electron chi connectivity index (χ1n) is 6.21. The average molecular weight is 334 g/mol. The van der Waals surface area contributed by atoms with Crippen LogP contribution >= 0.6 is 0 Å². The van der Waals surface area contributed by atoms with Gasteiger partial charge in [0.1, 0.15) is 10.7 Å². The minimum absolute atomic E-state index is 0.227. The van der Waals surface area contributed by atoms with E-state index in [1.54, 1.807) is 0 Å². The van der Waals surface area contributed by atoms with Crippen LogP contribution in [0.3, 0.4) is 0 Å². The van der Waals surface area contributed by atoms with Crippen molar-refractivity contribution in [2.45, 2.75) is 31.1 Å². The molecule has 0 aliphatic heterocycles. The summed E-state index contributed by atoms with van der Waals surface area (Å²) in [7, 11) is -9.06. The molecule has 0 fully saturated rings. The maximum Gasteiger partial charge on any atom is 0.499 e. The standard InChI is InChI=1S/C12H15FN2O4S2/c1-2-3-6-9-20(16,17)12(15-14)21(18,19)11-8-5-4-7-10(11)13/h4-5,7-8H,2-3,6,9H2,1H3. The van der Waals surface area contributed by atoms with E-state index < -0.39 is 40.5 Å². The minimum atomic E-state index is -4.74. The molecule has 0 aliphatic rings. The largest absolute Gasteiger partial charge is 0.499 e. The van der Waals surface area contributed by atoms with Crippen molar-refractivity contribution in [1.29, 1.82) is 0 Å². The Morgan fingerprint density at radius 2 is 1.81 bits per heavy atom. The predicted octanol–water partition coefficient (Wildman–Crippen LogP) is 1.79. The molecule has 0 aromatic heterocycles. The number of hydrogen-bond acceptors (Lipinski definition) is 4. The Balaban J connectivity index is 3.29. The average Bonchev–Trinajstić information content (AvgIpc) is 2.39. The molecule has 0 unspecified atom stereocenters. The molecule has 1 rings (SSSR count). The van der Waals surface area contributed by atoms with Gasteiger partial charge in [0.25, 0.3) is 19.7 Å². The summed E-state index contributed by atoms with van der Waals surface area (Å²) < 4.78 is 60.4. The third-order valence-corrected chi connectivity index (χ3v) is 7.03. The highest BCUT2D eigenvalue weighted by molar-refractivity contribution is 8.31. The molecule has 1 aromatic carbocycles. The van der Waals surface area contributed by atoms with Crippen LogP contribution < -0.4 is 0 Å². The second kappa shape index (κ2) is 6.93. The van der Waals surface area contributed by atoms with Crippen molar-refractivity contribution in [2.75, 3.05) is 5.75 Å². The summed E-state index contributed by atoms with van der Waals surface area (Å²) >= 11 is 0. The molecule has 116 valence electrons. The summed E-state index contributed by atoms with van der Waals surface area (Å²) in [6.45, 7) is 1.85. The Hall–Kier alpha value is -1.57. The summed E-state index contributed by atoms with van der Waals surface area (Å²) in [4.78, 5) is 1.57. The van der Waals surface area contributed by atoms with Crippen molar-refractivity contribution in [3.8, 4) is 0 Å². The van der Waals surface area contributed by atoms with Gasteiger partial charge in [0.15, 0.2) is 0 Å². The number of hydrogen-bond donors (Lipinski definition) is 0. The maximum absolute atomic E-state index is 13.6. The van der Waals surface area contributed by atoms with E-state index in [0.29, 0.717) is 6.42 Å². The van der Waals surface area contributed by atoms with E-state index in [4.69, 9.17) is 5.53 Å². The number of unbranched alkanes of at least 4 members (excludes halogenated alkanes) is 2. The van der Waals surface area contributed by atoms with Gasteiger partial charge in [-0.1, -0.05) is 31.9 Å². The molecule has 0 bridgehead atoms. The molecule has 0 saturated carbocycles. The van der Waals surface area contributed by atoms with E-state index >= 15 is 0 Å². The highest BCUT2D eigenvalue weighted by Crippen LogP contribution is 2.19. The van der Waals surface area contributed by atoms with Crippen LogP contribution in [-0.4, -0.2) is 31.8 Å². The smallest absolute Gasteiger partial charge is 0.359 e. The number of rotatable bonds is 5. The fourth-order valence-corrected chi connectivity index (χ4v) is 5.29. The van der Waals surface area contributed by atoms with Crippen molar-refractivity contribution in [3.05, 3.63) is 35.6 Å². The summed E-state index contributed by atoms with van der Waals surface area (Å²) in [5.41, 5.74) is 8.81. The fraction of sp³-hybridized carbons (Fsp3) is 0.417. The number of benzene rings is 1. The molecule has 0 heterocycles. The van der Waals surface area contributed by atoms with Gasteiger partial charge in [0.2, 0.25) is 0 Å². The van der Waals surface area contributed by atoms with Crippen molar-refractivity contribution in [1.82, 2.24) is 0 Å². The highest BCUT2D eigenvalue weighted by atomic mass is 32.3. The number of halogens is 1. The Bertz CT molecular complexity index is 766. The third-order valence-electron chi connectivity index (χ3n) is 2.72. The van der Waals surface area contributed by atoms with Crippen LogP contribution in [0, 0.1) is 5.82 Å². The van der Waals surface area contributed by atoms with Gasteiger partial charge in [-0.05, 0) is 18.6 Å². The normalized spacial score (nSPS) is 11.9. The first-order chi connectivity index (χ1) is 9.77. The molecular formula is C12H15FN2O4S2. The molecule has 0 amide bonds. The zero-order valence-corrected chi connectivity index (χ0v) is 13.0. The molecule has 0 aliphatic carbocycles. The lowest BCUT2D eigenvalue weighted by Crippen LogP contribution is -2.28. The van der Waals surface area contributed by atoms with Gasteiger partial charge in [-0.3, -0.25) is 0 Å². The Labute approximate surface area is 123 Å². The molecule has 21 heavy (non-hydrogen) atoms. The van der Waals surface area contributed by atoms with Crippen LogP contribution in [0.2, 0.25) is 0 Å². The van der Waals surface area contributed by atoms with E-state index in [0.717, 1.165) is 18.6 Å². The van der Waals surface area contributed by atoms with E-state index in [1.807, 2.05) is 6.92 Å². The Morgan fingerprint density at radius 3 is 2.33 bits per heavy atom. The van der Waals surface area contributed by atoms with Gasteiger partial charge in [0, 0.05) is 0 Å². The van der Waals surface area contributed by atoms with Crippen LogP contribution in [0.1, 0.15) is 26.2 Å². The van der Waals surface area contributed by atoms with Crippen LogP contribution in [0.15, 0.2) is 29.2 Å². The zero-order valence-electron chi connectivity index (χ0n) is 11.4. The van der Waals surface area contributed by atoms with Gasteiger partial charge in [-0.25, -0.2) is 21.2 Å². The first kappa shape index (κ1) is 17.5. The topological polar surface area (TPSA) is 105 Å². The number of nitrogens with zero attached hydrogens (tertiary/aromatic N) is 2. The fourth-order valence-electron chi connectivity index (χ4n) is 1.67. The molecule has 0 N–H and O–H groups in total. The maximum atomic E-state index is 13.6. The van der Waals surface area contributed by atoms with Crippen LogP contribution in [-0.2, 0) is 19.7 Å². The van der Waals surface area contributed by atoms with Crippen molar-refractivity contribution in [2.24, 2.45) is 0 Å². The molecular weight excluding hydrogens is 319 g/mol. The molecule has 1 aromatic rings. The Morgan fingerprint density at radius 1 is 1.19 bits per heavy atom. The molecule has 9 heteroatoms. The predicted molar refractivity (Wildman–Crippen MR) is 75.5 cm³/mol. The lowest BCUT2D eigenvalue weighted by atomic mass is 10.3. The molecule has 6 nitrogen and oxygen atoms in total. The van der Waals surface area contributed by atoms with E-state index in [2.05, 4.69) is 4.79 Å². The SMILES string of the molecule is CCCCCS(=O)(=O)C(=[N+]=[N-])S(=O)(=O)c1ccccc1F. The van der Waals surface area contributed by atoms with E-state index in [1.165, 1.54) is 12.1 Å². The molecule has 0 saturated heterocycles. The monoisotopic (exact) mass is 334 g/mol. The van der Waals surface area contributed by atoms with Gasteiger partial charge in [-0.2, -0.15) is 0 Å². The van der Waals surface area contributed by atoms with Crippen molar-refractivity contribution >= 4 is 24.1 Å². The van der Waals surface area contributed by atoms with Crippen LogP contribution in [0.4, 0.5) is 4.39 Å². The molecule has 0 atom stereocenters. The van der Waals surface area contributed by atoms with E-state index in [9.17, 15) is 21.2 Å². The van der Waals surface area contributed by atoms with Gasteiger partial charge < -0.3 is 5.53 Å². The summed E-state index contributed by atoms with van der Waals surface area (Å²) in [5, 5.41) is 0. The lowest BCUT2D eigenvalue weighted by Gasteiger charge is -2.03. The van der Waals surface area contributed by atoms with Crippen LogP contribution in [0.25, 0.3) is 5.53 Å². The van der Waals surface area contributed by atoms with Crippen LogP contribution in [0.5, 0.6) is 0 Å². The molecule has 0 radical (unpaired) electrons. The quantitative estimate of drug-likeness (QED) is 0.269. The van der Waals surface area contributed by atoms with Crippen molar-refractivity contribution in [3.63, 3.8) is 0 Å². The van der Waals surface area contributed by atoms with Gasteiger partial charge >= 0.3 is 4.38 Å². The Kier molecular flexibility index (Phi) is 5.77. The van der Waals surface area contributed by atoms with Crippen molar-refractivity contribution < 1.29 is 26.0 Å². The first-order valence-corrected chi connectivity index (χ1v) is 9.35. The highest BCUT2D eigenvalue weighted by Gasteiger charge is 2.43. The van der Waals surface area contributed by atoms with Gasteiger partial charge in [-0.15, -0.1) is 4.79 Å². The second-order valence-electron chi connectivity index (χ2n) is 4.33. The minimum Gasteiger partial charge on any atom is -0.359 e. The summed E-state index contributed by atoms with van der Waals surface area (Å²) in [6, 6.07) is 4.30. The lowest BCUT2D eigenvalue weighted by molar-refractivity contribution is 0.00378.